The van der Waals surface area contributed by atoms with Gasteiger partial charge in [0.05, 0.1) is 7.11 Å². The Hall–Kier alpha value is -2.81. The van der Waals surface area contributed by atoms with Crippen molar-refractivity contribution in [2.45, 2.75) is 18.8 Å². The van der Waals surface area contributed by atoms with Gasteiger partial charge in [0.2, 0.25) is 0 Å². The molecule has 3 aromatic carbocycles. The normalized spacial score (nSPS) is 11.9. The second kappa shape index (κ2) is 7.84. The van der Waals surface area contributed by atoms with Crippen molar-refractivity contribution in [2.75, 3.05) is 7.11 Å². The lowest BCUT2D eigenvalue weighted by molar-refractivity contribution is 0.414. The van der Waals surface area contributed by atoms with E-state index in [0.29, 0.717) is 0 Å². The van der Waals surface area contributed by atoms with Gasteiger partial charge in [-0.05, 0) is 71.8 Å². The third kappa shape index (κ3) is 4.60. The van der Waals surface area contributed by atoms with Gasteiger partial charge in [-0.2, -0.15) is 0 Å². The van der Waals surface area contributed by atoms with E-state index in [1.807, 2.05) is 36.4 Å². The molecule has 3 rings (SSSR count). The summed E-state index contributed by atoms with van der Waals surface area (Å²) >= 11 is 0. The van der Waals surface area contributed by atoms with Gasteiger partial charge in [-0.25, -0.2) is 4.39 Å². The van der Waals surface area contributed by atoms with Crippen molar-refractivity contribution in [1.82, 2.24) is 0 Å². The smallest absolute Gasteiger partial charge is 0.123 e. The van der Waals surface area contributed by atoms with Gasteiger partial charge in [-0.3, -0.25) is 0 Å². The van der Waals surface area contributed by atoms with Gasteiger partial charge in [-0.15, -0.1) is 0 Å². The number of aromatic hydroxyl groups is 1. The zero-order valence-electron chi connectivity index (χ0n) is 14.2. The van der Waals surface area contributed by atoms with Crippen LogP contribution in [0.25, 0.3) is 0 Å². The summed E-state index contributed by atoms with van der Waals surface area (Å²) in [7, 11) is 1.66. The highest BCUT2D eigenvalue weighted by atomic mass is 19.1. The minimum Gasteiger partial charge on any atom is -0.508 e. The van der Waals surface area contributed by atoms with Crippen LogP contribution in [0.2, 0.25) is 0 Å². The molecule has 0 saturated heterocycles. The molecule has 1 N–H and O–H groups in total. The molecule has 128 valence electrons. The zero-order valence-corrected chi connectivity index (χ0v) is 14.2. The average molecular weight is 336 g/mol. The SMILES string of the molecule is COc1ccc(CC(Cc2ccc(F)cc2)c2ccc(O)cc2)cc1. The number of ether oxygens (including phenoxy) is 1. The predicted molar refractivity (Wildman–Crippen MR) is 97.6 cm³/mol. The molecule has 0 aliphatic rings. The first-order chi connectivity index (χ1) is 12.1. The van der Waals surface area contributed by atoms with Crippen LogP contribution < -0.4 is 4.74 Å². The minimum absolute atomic E-state index is 0.222. The Morgan fingerprint density at radius 2 is 1.32 bits per heavy atom. The monoisotopic (exact) mass is 336 g/mol. The quantitative estimate of drug-likeness (QED) is 0.678. The lowest BCUT2D eigenvalue weighted by Crippen LogP contribution is -2.07. The van der Waals surface area contributed by atoms with Crippen LogP contribution in [0.15, 0.2) is 72.8 Å². The number of hydrogen-bond donors (Lipinski definition) is 1. The fraction of sp³-hybridized carbons (Fsp3) is 0.182. The lowest BCUT2D eigenvalue weighted by Gasteiger charge is -2.18. The van der Waals surface area contributed by atoms with E-state index in [4.69, 9.17) is 4.74 Å². The maximum absolute atomic E-state index is 13.2. The molecule has 0 bridgehead atoms. The van der Waals surface area contributed by atoms with Crippen molar-refractivity contribution in [2.24, 2.45) is 0 Å². The van der Waals surface area contributed by atoms with Gasteiger partial charge in [-0.1, -0.05) is 36.4 Å². The van der Waals surface area contributed by atoms with Crippen LogP contribution in [-0.2, 0) is 12.8 Å². The summed E-state index contributed by atoms with van der Waals surface area (Å²) < 4.78 is 18.4. The van der Waals surface area contributed by atoms with Gasteiger partial charge in [0.1, 0.15) is 17.3 Å². The molecule has 2 nitrogen and oxygen atoms in total. The Bertz CT molecular complexity index is 793. The Morgan fingerprint density at radius 1 is 0.800 bits per heavy atom. The Kier molecular flexibility index (Phi) is 5.34. The van der Waals surface area contributed by atoms with E-state index in [9.17, 15) is 9.50 Å². The number of methoxy groups -OCH3 is 1. The van der Waals surface area contributed by atoms with Crippen LogP contribution in [0.4, 0.5) is 4.39 Å². The van der Waals surface area contributed by atoms with E-state index in [1.165, 1.54) is 17.7 Å². The number of hydrogen-bond acceptors (Lipinski definition) is 2. The highest BCUT2D eigenvalue weighted by molar-refractivity contribution is 5.33. The van der Waals surface area contributed by atoms with Crippen LogP contribution >= 0.6 is 0 Å². The van der Waals surface area contributed by atoms with Crippen LogP contribution in [-0.4, -0.2) is 12.2 Å². The molecule has 1 unspecified atom stereocenters. The molecular weight excluding hydrogens is 315 g/mol. The number of phenols is 1. The van der Waals surface area contributed by atoms with Gasteiger partial charge >= 0.3 is 0 Å². The summed E-state index contributed by atoms with van der Waals surface area (Å²) in [5, 5.41) is 9.55. The maximum atomic E-state index is 13.2. The third-order valence-corrected chi connectivity index (χ3v) is 4.40. The average Bonchev–Trinajstić information content (AvgIpc) is 2.64. The van der Waals surface area contributed by atoms with Gasteiger partial charge in [0.15, 0.2) is 0 Å². The Labute approximate surface area is 147 Å². The van der Waals surface area contributed by atoms with E-state index >= 15 is 0 Å². The minimum atomic E-state index is -0.222. The summed E-state index contributed by atoms with van der Waals surface area (Å²) in [6.07, 6.45) is 1.66. The molecule has 0 aliphatic heterocycles. The van der Waals surface area contributed by atoms with E-state index in [2.05, 4.69) is 12.1 Å². The first-order valence-electron chi connectivity index (χ1n) is 8.30. The molecule has 1 atom stereocenters. The number of rotatable bonds is 6. The molecule has 0 aromatic heterocycles. The van der Waals surface area contributed by atoms with E-state index < -0.39 is 0 Å². The molecule has 0 amide bonds. The molecule has 3 heteroatoms. The summed E-state index contributed by atoms with van der Waals surface area (Å²) in [4.78, 5) is 0. The Morgan fingerprint density at radius 3 is 1.84 bits per heavy atom. The summed E-state index contributed by atoms with van der Waals surface area (Å²) in [5.74, 6) is 1.11. The summed E-state index contributed by atoms with van der Waals surface area (Å²) in [5.41, 5.74) is 3.45. The highest BCUT2D eigenvalue weighted by Crippen LogP contribution is 2.27. The second-order valence-electron chi connectivity index (χ2n) is 6.17. The summed E-state index contributed by atoms with van der Waals surface area (Å²) in [6.45, 7) is 0. The van der Waals surface area contributed by atoms with Crippen molar-refractivity contribution >= 4 is 0 Å². The van der Waals surface area contributed by atoms with Crippen molar-refractivity contribution in [3.05, 3.63) is 95.3 Å². The van der Waals surface area contributed by atoms with Crippen molar-refractivity contribution in [3.8, 4) is 11.5 Å². The largest absolute Gasteiger partial charge is 0.508 e. The maximum Gasteiger partial charge on any atom is 0.123 e. The van der Waals surface area contributed by atoms with E-state index in [1.54, 1.807) is 19.2 Å². The van der Waals surface area contributed by atoms with Crippen LogP contribution in [0.3, 0.4) is 0 Å². The second-order valence-corrected chi connectivity index (χ2v) is 6.17. The van der Waals surface area contributed by atoms with E-state index in [0.717, 1.165) is 29.7 Å². The molecular formula is C22H21FO2. The predicted octanol–water partition coefficient (Wildman–Crippen LogP) is 5.11. The first kappa shape index (κ1) is 17.0. The van der Waals surface area contributed by atoms with Crippen molar-refractivity contribution < 1.29 is 14.2 Å². The number of phenolic OH excluding ortho intramolecular Hbond substituents is 1. The highest BCUT2D eigenvalue weighted by Gasteiger charge is 2.14. The third-order valence-electron chi connectivity index (χ3n) is 4.40. The Balaban J connectivity index is 1.84. The molecule has 0 radical (unpaired) electrons. The van der Waals surface area contributed by atoms with Crippen LogP contribution in [0.5, 0.6) is 11.5 Å². The first-order valence-corrected chi connectivity index (χ1v) is 8.30. The number of benzene rings is 3. The molecule has 25 heavy (non-hydrogen) atoms. The summed E-state index contributed by atoms with van der Waals surface area (Å²) in [6, 6.07) is 22.0. The molecule has 0 heterocycles. The molecule has 0 aliphatic carbocycles. The van der Waals surface area contributed by atoms with E-state index in [-0.39, 0.29) is 17.5 Å². The molecule has 0 saturated carbocycles. The zero-order chi connectivity index (χ0) is 17.6. The standard InChI is InChI=1S/C22H21FO2/c1-25-22-12-4-17(5-13-22)15-19(18-6-10-21(24)11-7-18)14-16-2-8-20(23)9-3-16/h2-13,19,24H,14-15H2,1H3. The van der Waals surface area contributed by atoms with Gasteiger partial charge in [0, 0.05) is 0 Å². The topological polar surface area (TPSA) is 29.5 Å². The van der Waals surface area contributed by atoms with Crippen LogP contribution in [0.1, 0.15) is 22.6 Å². The van der Waals surface area contributed by atoms with Crippen molar-refractivity contribution in [3.63, 3.8) is 0 Å². The molecule has 0 spiro atoms. The fourth-order valence-corrected chi connectivity index (χ4v) is 3.01. The van der Waals surface area contributed by atoms with Crippen LogP contribution in [0, 0.1) is 5.82 Å². The fourth-order valence-electron chi connectivity index (χ4n) is 3.01. The van der Waals surface area contributed by atoms with Gasteiger partial charge in [0.25, 0.3) is 0 Å². The van der Waals surface area contributed by atoms with Crippen molar-refractivity contribution in [1.29, 1.82) is 0 Å². The molecule has 0 fully saturated rings. The number of halogens is 1. The molecule has 3 aromatic rings. The lowest BCUT2D eigenvalue weighted by atomic mass is 9.86. The van der Waals surface area contributed by atoms with Gasteiger partial charge < -0.3 is 9.84 Å².